The molecule has 0 amide bonds. The Kier molecular flexibility index (Phi) is 3.51. The first-order valence-corrected chi connectivity index (χ1v) is 5.60. The summed E-state index contributed by atoms with van der Waals surface area (Å²) in [6.45, 7) is 1.95. The van der Waals surface area contributed by atoms with E-state index in [9.17, 15) is 4.79 Å². The summed E-state index contributed by atoms with van der Waals surface area (Å²) in [5.41, 5.74) is 2.79. The quantitative estimate of drug-likeness (QED) is 0.567. The first-order valence-electron chi connectivity index (χ1n) is 5.60. The Morgan fingerprint density at radius 3 is 1.82 bits per heavy atom. The van der Waals surface area contributed by atoms with Crippen LogP contribution in [-0.2, 0) is 0 Å². The number of allylic oxidation sites excluding steroid dienone is 2. The second-order valence-corrected chi connectivity index (χ2v) is 3.92. The molecule has 2 aromatic carbocycles. The molecule has 0 aliphatic heterocycles. The van der Waals surface area contributed by atoms with Crippen molar-refractivity contribution in [3.05, 3.63) is 77.9 Å². The van der Waals surface area contributed by atoms with E-state index >= 15 is 0 Å². The van der Waals surface area contributed by atoms with Gasteiger partial charge in [0.2, 0.25) is 0 Å². The normalized spacial score (nSPS) is 11.2. The number of ketones is 1. The van der Waals surface area contributed by atoms with Crippen molar-refractivity contribution in [2.45, 2.75) is 6.92 Å². The summed E-state index contributed by atoms with van der Waals surface area (Å²) in [5.74, 6) is 0.0481. The van der Waals surface area contributed by atoms with E-state index < -0.39 is 0 Å². The third-order valence-electron chi connectivity index (χ3n) is 2.64. The van der Waals surface area contributed by atoms with Crippen LogP contribution in [0.15, 0.2) is 66.7 Å². The van der Waals surface area contributed by atoms with Gasteiger partial charge in [0.1, 0.15) is 0 Å². The van der Waals surface area contributed by atoms with Gasteiger partial charge >= 0.3 is 0 Å². The monoisotopic (exact) mass is 222 g/mol. The number of hydrogen-bond donors (Lipinski definition) is 0. The van der Waals surface area contributed by atoms with Crippen LogP contribution in [0.3, 0.4) is 0 Å². The lowest BCUT2D eigenvalue weighted by molar-refractivity contribution is 0.104. The average molecular weight is 222 g/mol. The maximum Gasteiger partial charge on any atom is 0.186 e. The number of rotatable bonds is 3. The number of benzene rings is 2. The zero-order valence-corrected chi connectivity index (χ0v) is 9.76. The molecule has 0 radical (unpaired) electrons. The van der Waals surface area contributed by atoms with Crippen LogP contribution in [0.1, 0.15) is 22.8 Å². The molecule has 0 saturated carbocycles. The fraction of sp³-hybridized carbons (Fsp3) is 0.0625. The van der Waals surface area contributed by atoms with E-state index in [4.69, 9.17) is 0 Å². The van der Waals surface area contributed by atoms with Crippen molar-refractivity contribution in [2.24, 2.45) is 0 Å². The Morgan fingerprint density at radius 1 is 0.824 bits per heavy atom. The molecule has 0 spiro atoms. The van der Waals surface area contributed by atoms with Gasteiger partial charge in [-0.15, -0.1) is 0 Å². The molecule has 0 fully saturated rings. The molecule has 2 rings (SSSR count). The van der Waals surface area contributed by atoms with Crippen molar-refractivity contribution in [3.8, 4) is 0 Å². The minimum absolute atomic E-state index is 0.0481. The molecular formula is C16H14O. The van der Waals surface area contributed by atoms with Gasteiger partial charge in [-0.2, -0.15) is 0 Å². The molecule has 0 atom stereocenters. The molecule has 2 aromatic rings. The van der Waals surface area contributed by atoms with Crippen LogP contribution in [-0.4, -0.2) is 5.78 Å². The van der Waals surface area contributed by atoms with Gasteiger partial charge in [-0.1, -0.05) is 60.7 Å². The van der Waals surface area contributed by atoms with E-state index in [0.29, 0.717) is 0 Å². The molecule has 0 heterocycles. The first kappa shape index (κ1) is 11.3. The maximum atomic E-state index is 12.0. The van der Waals surface area contributed by atoms with Gasteiger partial charge in [-0.05, 0) is 24.1 Å². The van der Waals surface area contributed by atoms with Crippen LogP contribution < -0.4 is 0 Å². The lowest BCUT2D eigenvalue weighted by Gasteiger charge is -2.01. The van der Waals surface area contributed by atoms with Gasteiger partial charge in [0.05, 0.1) is 0 Å². The molecule has 0 saturated heterocycles. The lowest BCUT2D eigenvalue weighted by Crippen LogP contribution is -1.94. The third-order valence-corrected chi connectivity index (χ3v) is 2.64. The molecule has 0 bridgehead atoms. The minimum atomic E-state index is 0.0481. The summed E-state index contributed by atoms with van der Waals surface area (Å²) in [5, 5.41) is 0. The summed E-state index contributed by atoms with van der Waals surface area (Å²) in [6, 6.07) is 19.2. The molecule has 17 heavy (non-hydrogen) atoms. The molecule has 84 valence electrons. The summed E-state index contributed by atoms with van der Waals surface area (Å²) in [6.07, 6.45) is 1.69. The molecule has 1 nitrogen and oxygen atoms in total. The fourth-order valence-corrected chi connectivity index (χ4v) is 1.67. The molecule has 0 unspecified atom stereocenters. The van der Waals surface area contributed by atoms with Gasteiger partial charge in [-0.25, -0.2) is 0 Å². The number of hydrogen-bond acceptors (Lipinski definition) is 1. The average Bonchev–Trinajstić information content (AvgIpc) is 2.40. The largest absolute Gasteiger partial charge is 0.289 e. The summed E-state index contributed by atoms with van der Waals surface area (Å²) < 4.78 is 0. The maximum absolute atomic E-state index is 12.0. The lowest BCUT2D eigenvalue weighted by atomic mass is 10.0. The SMILES string of the molecule is C/C(=C\C(=O)c1ccccc1)c1ccccc1. The van der Waals surface area contributed by atoms with Crippen LogP contribution in [0.4, 0.5) is 0 Å². The first-order chi connectivity index (χ1) is 8.27. The van der Waals surface area contributed by atoms with Gasteiger partial charge in [0, 0.05) is 5.56 Å². The van der Waals surface area contributed by atoms with E-state index in [1.54, 1.807) is 6.08 Å². The van der Waals surface area contributed by atoms with Crippen molar-refractivity contribution < 1.29 is 4.79 Å². The van der Waals surface area contributed by atoms with Gasteiger partial charge in [0.15, 0.2) is 5.78 Å². The fourth-order valence-electron chi connectivity index (χ4n) is 1.67. The van der Waals surface area contributed by atoms with Gasteiger partial charge in [-0.3, -0.25) is 4.79 Å². The van der Waals surface area contributed by atoms with Gasteiger partial charge in [0.25, 0.3) is 0 Å². The van der Waals surface area contributed by atoms with Crippen LogP contribution in [0.25, 0.3) is 5.57 Å². The van der Waals surface area contributed by atoms with E-state index in [0.717, 1.165) is 16.7 Å². The third kappa shape index (κ3) is 2.91. The number of carbonyl (C=O) groups excluding carboxylic acids is 1. The Labute approximate surface area is 101 Å². The molecule has 0 N–H and O–H groups in total. The van der Waals surface area contributed by atoms with Crippen LogP contribution in [0.2, 0.25) is 0 Å². The van der Waals surface area contributed by atoms with Crippen molar-refractivity contribution >= 4 is 11.4 Å². The van der Waals surface area contributed by atoms with E-state index in [-0.39, 0.29) is 5.78 Å². The Balaban J connectivity index is 2.24. The Bertz CT molecular complexity index is 524. The van der Waals surface area contributed by atoms with Crippen molar-refractivity contribution in [2.75, 3.05) is 0 Å². The molecule has 1 heteroatoms. The summed E-state index contributed by atoms with van der Waals surface area (Å²) in [4.78, 5) is 12.0. The Hall–Kier alpha value is -2.15. The molecule has 0 aliphatic rings. The van der Waals surface area contributed by atoms with Crippen LogP contribution in [0, 0.1) is 0 Å². The summed E-state index contributed by atoms with van der Waals surface area (Å²) >= 11 is 0. The van der Waals surface area contributed by atoms with E-state index in [1.807, 2.05) is 67.6 Å². The van der Waals surface area contributed by atoms with E-state index in [1.165, 1.54) is 0 Å². The van der Waals surface area contributed by atoms with Crippen molar-refractivity contribution in [1.82, 2.24) is 0 Å². The second-order valence-electron chi connectivity index (χ2n) is 3.92. The highest BCUT2D eigenvalue weighted by Gasteiger charge is 2.02. The van der Waals surface area contributed by atoms with E-state index in [2.05, 4.69) is 0 Å². The highest BCUT2D eigenvalue weighted by molar-refractivity contribution is 6.08. The topological polar surface area (TPSA) is 17.1 Å². The standard InChI is InChI=1S/C16H14O/c1-13(14-8-4-2-5-9-14)12-16(17)15-10-6-3-7-11-15/h2-12H,1H3/b13-12+. The zero-order chi connectivity index (χ0) is 12.1. The predicted octanol–water partition coefficient (Wildman–Crippen LogP) is 3.97. The zero-order valence-electron chi connectivity index (χ0n) is 9.76. The van der Waals surface area contributed by atoms with Crippen LogP contribution >= 0.6 is 0 Å². The molecular weight excluding hydrogens is 208 g/mol. The minimum Gasteiger partial charge on any atom is -0.289 e. The predicted molar refractivity (Wildman–Crippen MR) is 70.9 cm³/mol. The smallest absolute Gasteiger partial charge is 0.186 e. The highest BCUT2D eigenvalue weighted by atomic mass is 16.1. The second kappa shape index (κ2) is 5.26. The summed E-state index contributed by atoms with van der Waals surface area (Å²) in [7, 11) is 0. The molecule has 0 aromatic heterocycles. The number of carbonyl (C=O) groups is 1. The van der Waals surface area contributed by atoms with Crippen molar-refractivity contribution in [3.63, 3.8) is 0 Å². The highest BCUT2D eigenvalue weighted by Crippen LogP contribution is 2.14. The van der Waals surface area contributed by atoms with Crippen molar-refractivity contribution in [1.29, 1.82) is 0 Å². The molecule has 0 aliphatic carbocycles. The van der Waals surface area contributed by atoms with Gasteiger partial charge < -0.3 is 0 Å². The Morgan fingerprint density at radius 2 is 1.29 bits per heavy atom. The van der Waals surface area contributed by atoms with Crippen LogP contribution in [0.5, 0.6) is 0 Å².